The van der Waals surface area contributed by atoms with E-state index in [-0.39, 0.29) is 17.9 Å². The molecule has 0 bridgehead atoms. The van der Waals surface area contributed by atoms with Crippen molar-refractivity contribution in [2.75, 3.05) is 0 Å². The molecule has 0 aliphatic rings. The molecule has 0 fully saturated rings. The molecule has 1 heterocycles. The van der Waals surface area contributed by atoms with E-state index in [2.05, 4.69) is 10.1 Å². The first-order chi connectivity index (χ1) is 13.4. The molecule has 1 aromatic heterocycles. The number of phenols is 1. The molecule has 0 radical (unpaired) electrons. The third-order valence-electron chi connectivity index (χ3n) is 4.78. The first kappa shape index (κ1) is 19.7. The average Bonchev–Trinajstić information content (AvgIpc) is 3.15. The zero-order chi connectivity index (χ0) is 20.1. The quantitative estimate of drug-likeness (QED) is 0.647. The minimum atomic E-state index is -1.62. The number of aromatic hydroxyl groups is 1. The van der Waals surface area contributed by atoms with E-state index >= 15 is 0 Å². The molecule has 0 spiro atoms. The number of allylic oxidation sites excluding steroid dienone is 1. The van der Waals surface area contributed by atoms with E-state index in [1.165, 1.54) is 23.4 Å². The maximum atomic E-state index is 14.5. The maximum Gasteiger partial charge on any atom is 0.137 e. The predicted octanol–water partition coefficient (Wildman–Crippen LogP) is 3.89. The van der Waals surface area contributed by atoms with Gasteiger partial charge in [-0.05, 0) is 36.1 Å². The lowest BCUT2D eigenvalue weighted by Gasteiger charge is -2.34. The van der Waals surface area contributed by atoms with Crippen LogP contribution in [0.4, 0.5) is 8.78 Å². The lowest BCUT2D eigenvalue weighted by molar-refractivity contribution is -0.0379. The van der Waals surface area contributed by atoms with Crippen LogP contribution in [0, 0.1) is 17.6 Å². The number of aliphatic hydroxyl groups is 1. The Kier molecular flexibility index (Phi) is 5.84. The molecule has 28 heavy (non-hydrogen) atoms. The van der Waals surface area contributed by atoms with E-state index in [9.17, 15) is 19.0 Å². The summed E-state index contributed by atoms with van der Waals surface area (Å²) >= 11 is 0. The fourth-order valence-electron chi connectivity index (χ4n) is 3.10. The molecule has 2 atom stereocenters. The molecule has 146 valence electrons. The lowest BCUT2D eigenvalue weighted by atomic mass is 9.80. The van der Waals surface area contributed by atoms with Crippen molar-refractivity contribution in [2.45, 2.75) is 25.5 Å². The maximum absolute atomic E-state index is 14.5. The Morgan fingerprint density at radius 3 is 2.57 bits per heavy atom. The fourth-order valence-corrected chi connectivity index (χ4v) is 3.10. The first-order valence-electron chi connectivity index (χ1n) is 8.84. The Labute approximate surface area is 161 Å². The molecular formula is C21H21F2N3O2. The Morgan fingerprint density at radius 1 is 1.18 bits per heavy atom. The van der Waals surface area contributed by atoms with Crippen LogP contribution >= 0.6 is 0 Å². The van der Waals surface area contributed by atoms with Crippen LogP contribution in [-0.4, -0.2) is 25.0 Å². The molecule has 2 N–H and O–H groups in total. The molecule has 3 aromatic rings. The monoisotopic (exact) mass is 385 g/mol. The van der Waals surface area contributed by atoms with Gasteiger partial charge in [0.15, 0.2) is 0 Å². The zero-order valence-corrected chi connectivity index (χ0v) is 15.3. The van der Waals surface area contributed by atoms with Gasteiger partial charge in [0, 0.05) is 11.6 Å². The van der Waals surface area contributed by atoms with Gasteiger partial charge in [-0.3, -0.25) is 0 Å². The molecule has 5 nitrogen and oxygen atoms in total. The number of aromatic nitrogens is 3. The molecule has 0 amide bonds. The number of hydrogen-bond acceptors (Lipinski definition) is 4. The van der Waals surface area contributed by atoms with E-state index in [0.29, 0.717) is 6.42 Å². The van der Waals surface area contributed by atoms with Gasteiger partial charge < -0.3 is 10.2 Å². The molecule has 0 aliphatic heterocycles. The predicted molar refractivity (Wildman–Crippen MR) is 101 cm³/mol. The summed E-state index contributed by atoms with van der Waals surface area (Å²) in [5.74, 6) is -1.74. The highest BCUT2D eigenvalue weighted by Gasteiger charge is 2.38. The van der Waals surface area contributed by atoms with Gasteiger partial charge in [0.1, 0.15) is 35.6 Å². The van der Waals surface area contributed by atoms with E-state index in [1.54, 1.807) is 31.2 Å². The number of hydrogen-bond donors (Lipinski definition) is 2. The molecule has 3 rings (SSSR count). The standard InChI is InChI=1S/C21H21F2N3O2/c1-15(3-2-4-16-5-8-18(27)9-6-16)21(28,12-26-14-24-13-25-26)19-10-7-17(22)11-20(19)23/h2,4-11,13-15,27-28H,3,12H2,1H3/b4-2+/t15-,21+/m0/s1. The number of nitrogens with zero attached hydrogens (tertiary/aromatic N) is 3. The van der Waals surface area contributed by atoms with Gasteiger partial charge in [0.25, 0.3) is 0 Å². The van der Waals surface area contributed by atoms with Crippen LogP contribution in [0.25, 0.3) is 6.08 Å². The third-order valence-corrected chi connectivity index (χ3v) is 4.78. The summed E-state index contributed by atoms with van der Waals surface area (Å²) in [6.07, 6.45) is 6.92. The minimum absolute atomic E-state index is 0.00920. The summed E-state index contributed by atoms with van der Waals surface area (Å²) in [7, 11) is 0. The second-order valence-corrected chi connectivity index (χ2v) is 6.77. The van der Waals surface area contributed by atoms with Gasteiger partial charge in [-0.25, -0.2) is 18.4 Å². The van der Waals surface area contributed by atoms with Crippen LogP contribution in [0.1, 0.15) is 24.5 Å². The van der Waals surface area contributed by atoms with Gasteiger partial charge in [0.2, 0.25) is 0 Å². The van der Waals surface area contributed by atoms with Crippen LogP contribution < -0.4 is 0 Å². The highest BCUT2D eigenvalue weighted by Crippen LogP contribution is 2.35. The molecule has 0 saturated heterocycles. The lowest BCUT2D eigenvalue weighted by Crippen LogP contribution is -2.39. The van der Waals surface area contributed by atoms with Crippen molar-refractivity contribution in [3.8, 4) is 5.75 Å². The minimum Gasteiger partial charge on any atom is -0.508 e. The second-order valence-electron chi connectivity index (χ2n) is 6.77. The van der Waals surface area contributed by atoms with E-state index in [4.69, 9.17) is 0 Å². The highest BCUT2D eigenvalue weighted by atomic mass is 19.1. The summed E-state index contributed by atoms with van der Waals surface area (Å²) in [6, 6.07) is 9.84. The van der Waals surface area contributed by atoms with Crippen molar-refractivity contribution in [1.82, 2.24) is 14.8 Å². The van der Waals surface area contributed by atoms with Crippen molar-refractivity contribution in [2.24, 2.45) is 5.92 Å². The van der Waals surface area contributed by atoms with E-state index in [0.717, 1.165) is 17.7 Å². The Balaban J connectivity index is 1.86. The SMILES string of the molecule is C[C@@H](C/C=C/c1ccc(O)cc1)[C@](O)(Cn1cncn1)c1ccc(F)cc1F. The van der Waals surface area contributed by atoms with Crippen molar-refractivity contribution in [3.05, 3.63) is 84.0 Å². The number of benzene rings is 2. The van der Waals surface area contributed by atoms with Crippen molar-refractivity contribution < 1.29 is 19.0 Å². The van der Waals surface area contributed by atoms with E-state index < -0.39 is 23.2 Å². The van der Waals surface area contributed by atoms with Crippen LogP contribution in [-0.2, 0) is 12.1 Å². The fraction of sp³-hybridized carbons (Fsp3) is 0.238. The van der Waals surface area contributed by atoms with Crippen molar-refractivity contribution in [1.29, 1.82) is 0 Å². The van der Waals surface area contributed by atoms with Crippen molar-refractivity contribution >= 4 is 6.08 Å². The molecule has 0 unspecified atom stereocenters. The van der Waals surface area contributed by atoms with Crippen LogP contribution in [0.2, 0.25) is 0 Å². The summed E-state index contributed by atoms with van der Waals surface area (Å²) in [6.45, 7) is 1.77. The Bertz CT molecular complexity index is 943. The second kappa shape index (κ2) is 8.31. The van der Waals surface area contributed by atoms with Gasteiger partial charge in [-0.2, -0.15) is 5.10 Å². The number of halogens is 2. The Morgan fingerprint density at radius 2 is 1.93 bits per heavy atom. The average molecular weight is 385 g/mol. The molecule has 2 aromatic carbocycles. The highest BCUT2D eigenvalue weighted by molar-refractivity contribution is 5.50. The largest absolute Gasteiger partial charge is 0.508 e. The zero-order valence-electron chi connectivity index (χ0n) is 15.3. The molecular weight excluding hydrogens is 364 g/mol. The number of rotatable bonds is 7. The van der Waals surface area contributed by atoms with Crippen LogP contribution in [0.15, 0.2) is 61.2 Å². The van der Waals surface area contributed by atoms with E-state index in [1.807, 2.05) is 12.2 Å². The Hall–Kier alpha value is -3.06. The summed E-state index contributed by atoms with van der Waals surface area (Å²) in [5, 5.41) is 24.7. The van der Waals surface area contributed by atoms with Crippen LogP contribution in [0.3, 0.4) is 0 Å². The van der Waals surface area contributed by atoms with Gasteiger partial charge in [0.05, 0.1) is 6.54 Å². The summed E-state index contributed by atoms with van der Waals surface area (Å²) < 4.78 is 29.2. The topological polar surface area (TPSA) is 71.2 Å². The third kappa shape index (κ3) is 4.43. The summed E-state index contributed by atoms with van der Waals surface area (Å²) in [4.78, 5) is 3.86. The molecule has 0 aliphatic carbocycles. The smallest absolute Gasteiger partial charge is 0.137 e. The molecule has 0 saturated carbocycles. The van der Waals surface area contributed by atoms with Crippen LogP contribution in [0.5, 0.6) is 5.75 Å². The van der Waals surface area contributed by atoms with Gasteiger partial charge >= 0.3 is 0 Å². The van der Waals surface area contributed by atoms with Gasteiger partial charge in [-0.1, -0.05) is 37.3 Å². The normalized spacial score (nSPS) is 14.9. The van der Waals surface area contributed by atoms with Crippen molar-refractivity contribution in [3.63, 3.8) is 0 Å². The number of phenolic OH excluding ortho intramolecular Hbond substituents is 1. The molecule has 7 heteroatoms. The first-order valence-corrected chi connectivity index (χ1v) is 8.84. The van der Waals surface area contributed by atoms with Gasteiger partial charge in [-0.15, -0.1) is 0 Å². The summed E-state index contributed by atoms with van der Waals surface area (Å²) in [5.41, 5.74) is -0.724.